The molecule has 114 valence electrons. The summed E-state index contributed by atoms with van der Waals surface area (Å²) in [6.45, 7) is 4.69. The third-order valence-electron chi connectivity index (χ3n) is 4.10. The molecule has 0 N–H and O–H groups in total. The molecule has 0 unspecified atom stereocenters. The van der Waals surface area contributed by atoms with E-state index in [1.165, 1.54) is 5.56 Å². The highest BCUT2D eigenvalue weighted by atomic mass is 32.1. The summed E-state index contributed by atoms with van der Waals surface area (Å²) in [6, 6.07) is 9.92. The second-order valence-corrected chi connectivity index (χ2v) is 7.13. The number of para-hydroxylation sites is 1. The number of carbonyl (C=O) groups excluding carboxylic acids is 2. The first-order valence-corrected chi connectivity index (χ1v) is 8.36. The lowest BCUT2D eigenvalue weighted by molar-refractivity contribution is -0.118. The van der Waals surface area contributed by atoms with Gasteiger partial charge >= 0.3 is 0 Å². The summed E-state index contributed by atoms with van der Waals surface area (Å²) in [6.07, 6.45) is 1.47. The van der Waals surface area contributed by atoms with Crippen molar-refractivity contribution >= 4 is 28.7 Å². The largest absolute Gasteiger partial charge is 0.312 e. The first kappa shape index (κ1) is 15.0. The van der Waals surface area contributed by atoms with E-state index in [4.69, 9.17) is 0 Å². The molecular weight excluding hydrogens is 294 g/mol. The Bertz CT molecular complexity index is 732. The van der Waals surface area contributed by atoms with Crippen LogP contribution in [0.4, 0.5) is 5.69 Å². The number of hydrogen-bond donors (Lipinski definition) is 0. The molecule has 0 spiro atoms. The van der Waals surface area contributed by atoms with Gasteiger partial charge in [0.05, 0.1) is 0 Å². The summed E-state index contributed by atoms with van der Waals surface area (Å²) >= 11 is 1.63. The third-order valence-corrected chi connectivity index (χ3v) is 5.06. The Kier molecular flexibility index (Phi) is 4.12. The fraction of sp³-hybridized carbons (Fsp3) is 0.333. The minimum atomic E-state index is 0.0444. The minimum Gasteiger partial charge on any atom is -0.312 e. The Morgan fingerprint density at radius 1 is 1.18 bits per heavy atom. The van der Waals surface area contributed by atoms with Gasteiger partial charge in [-0.05, 0) is 38.0 Å². The van der Waals surface area contributed by atoms with E-state index < -0.39 is 0 Å². The van der Waals surface area contributed by atoms with Crippen LogP contribution in [0.5, 0.6) is 0 Å². The summed E-state index contributed by atoms with van der Waals surface area (Å²) in [4.78, 5) is 28.7. The summed E-state index contributed by atoms with van der Waals surface area (Å²) < 4.78 is 0. The number of amides is 1. The molecule has 2 aromatic rings. The maximum Gasteiger partial charge on any atom is 0.227 e. The third kappa shape index (κ3) is 2.83. The fourth-order valence-corrected chi connectivity index (χ4v) is 3.94. The van der Waals surface area contributed by atoms with Crippen LogP contribution >= 0.6 is 11.3 Å². The molecule has 2 heterocycles. The van der Waals surface area contributed by atoms with E-state index in [1.54, 1.807) is 11.3 Å². The lowest BCUT2D eigenvalue weighted by atomic mass is 10.1. The normalized spacial score (nSPS) is 13.3. The molecule has 0 saturated heterocycles. The van der Waals surface area contributed by atoms with Crippen LogP contribution in [0.15, 0.2) is 30.3 Å². The summed E-state index contributed by atoms with van der Waals surface area (Å²) in [5.74, 6) is 0.116. The van der Waals surface area contributed by atoms with Crippen LogP contribution in [0.1, 0.15) is 38.5 Å². The number of anilines is 1. The van der Waals surface area contributed by atoms with Crippen LogP contribution in [0.3, 0.4) is 0 Å². The number of Topliss-reactive ketones (excluding diaryl/α,β-unsaturated/α-hetero) is 1. The van der Waals surface area contributed by atoms with Crippen molar-refractivity contribution in [2.45, 2.75) is 33.1 Å². The number of ketones is 1. The van der Waals surface area contributed by atoms with Crippen molar-refractivity contribution in [3.05, 3.63) is 51.2 Å². The first-order chi connectivity index (χ1) is 10.6. The van der Waals surface area contributed by atoms with Crippen molar-refractivity contribution in [3.8, 4) is 0 Å². The van der Waals surface area contributed by atoms with E-state index in [9.17, 15) is 9.59 Å². The maximum absolute atomic E-state index is 12.4. The Morgan fingerprint density at radius 2 is 1.95 bits per heavy atom. The summed E-state index contributed by atoms with van der Waals surface area (Å²) in [7, 11) is 0. The Hall–Kier alpha value is -1.94. The van der Waals surface area contributed by atoms with E-state index in [-0.39, 0.29) is 24.5 Å². The van der Waals surface area contributed by atoms with Gasteiger partial charge in [-0.1, -0.05) is 18.2 Å². The Labute approximate surface area is 134 Å². The zero-order valence-electron chi connectivity index (χ0n) is 12.9. The van der Waals surface area contributed by atoms with Crippen molar-refractivity contribution in [3.63, 3.8) is 0 Å². The van der Waals surface area contributed by atoms with E-state index in [0.717, 1.165) is 34.0 Å². The van der Waals surface area contributed by atoms with Gasteiger partial charge in [0.2, 0.25) is 5.91 Å². The van der Waals surface area contributed by atoms with E-state index in [1.807, 2.05) is 43.0 Å². The fourth-order valence-electron chi connectivity index (χ4n) is 3.00. The topological polar surface area (TPSA) is 37.4 Å². The molecule has 1 amide bonds. The predicted molar refractivity (Wildman–Crippen MR) is 89.9 cm³/mol. The quantitative estimate of drug-likeness (QED) is 0.802. The Balaban J connectivity index is 1.64. The highest BCUT2D eigenvalue weighted by molar-refractivity contribution is 7.12. The zero-order valence-corrected chi connectivity index (χ0v) is 13.7. The van der Waals surface area contributed by atoms with Gasteiger partial charge in [-0.15, -0.1) is 11.3 Å². The molecule has 1 aromatic heterocycles. The van der Waals surface area contributed by atoms with Gasteiger partial charge in [-0.2, -0.15) is 0 Å². The van der Waals surface area contributed by atoms with Gasteiger partial charge in [-0.25, -0.2) is 0 Å². The first-order valence-electron chi connectivity index (χ1n) is 7.55. The van der Waals surface area contributed by atoms with Crippen LogP contribution in [-0.2, 0) is 11.2 Å². The van der Waals surface area contributed by atoms with E-state index >= 15 is 0 Å². The van der Waals surface area contributed by atoms with Gasteiger partial charge in [-0.3, -0.25) is 9.59 Å². The smallest absolute Gasteiger partial charge is 0.227 e. The Morgan fingerprint density at radius 3 is 2.68 bits per heavy atom. The van der Waals surface area contributed by atoms with Gasteiger partial charge in [0.1, 0.15) is 0 Å². The van der Waals surface area contributed by atoms with E-state index in [0.29, 0.717) is 0 Å². The molecular formula is C18H19NO2S. The monoisotopic (exact) mass is 313 g/mol. The highest BCUT2D eigenvalue weighted by Crippen LogP contribution is 2.28. The number of fused-ring (bicyclic) bond motifs is 1. The average Bonchev–Trinajstić information content (AvgIpc) is 3.07. The number of rotatable bonds is 4. The van der Waals surface area contributed by atoms with Crippen molar-refractivity contribution in [1.82, 2.24) is 0 Å². The minimum absolute atomic E-state index is 0.0444. The molecule has 4 heteroatoms. The van der Waals surface area contributed by atoms with Crippen LogP contribution in [-0.4, -0.2) is 18.2 Å². The SMILES string of the molecule is Cc1cc(C(=O)CCC(=O)N2CCc3ccccc32)c(C)s1. The van der Waals surface area contributed by atoms with Crippen LogP contribution < -0.4 is 4.90 Å². The number of carbonyl (C=O) groups is 2. The summed E-state index contributed by atoms with van der Waals surface area (Å²) in [5, 5.41) is 0. The van der Waals surface area contributed by atoms with Gasteiger partial charge in [0.25, 0.3) is 0 Å². The molecule has 0 fully saturated rings. The van der Waals surface area contributed by atoms with Gasteiger partial charge in [0.15, 0.2) is 5.78 Å². The molecule has 1 aliphatic heterocycles. The van der Waals surface area contributed by atoms with Crippen LogP contribution in [0, 0.1) is 13.8 Å². The number of hydrogen-bond acceptors (Lipinski definition) is 3. The molecule has 1 aliphatic rings. The standard InChI is InChI=1S/C18H19NO2S/c1-12-11-15(13(2)22-12)17(20)7-8-18(21)19-10-9-14-5-3-4-6-16(14)19/h3-6,11H,7-10H2,1-2H3. The van der Waals surface area contributed by atoms with Crippen molar-refractivity contribution < 1.29 is 9.59 Å². The zero-order chi connectivity index (χ0) is 15.7. The molecule has 3 nitrogen and oxygen atoms in total. The van der Waals surface area contributed by atoms with Crippen LogP contribution in [0.25, 0.3) is 0 Å². The average molecular weight is 313 g/mol. The molecule has 0 saturated carbocycles. The number of thiophene rings is 1. The lowest BCUT2D eigenvalue weighted by Crippen LogP contribution is -2.29. The lowest BCUT2D eigenvalue weighted by Gasteiger charge is -2.17. The second-order valence-electron chi connectivity index (χ2n) is 5.67. The number of aryl methyl sites for hydroxylation is 2. The van der Waals surface area contributed by atoms with Gasteiger partial charge in [0, 0.05) is 40.4 Å². The van der Waals surface area contributed by atoms with Crippen molar-refractivity contribution in [1.29, 1.82) is 0 Å². The number of benzene rings is 1. The highest BCUT2D eigenvalue weighted by Gasteiger charge is 2.24. The molecule has 22 heavy (non-hydrogen) atoms. The molecule has 0 bridgehead atoms. The van der Waals surface area contributed by atoms with Crippen molar-refractivity contribution in [2.24, 2.45) is 0 Å². The molecule has 0 atom stereocenters. The summed E-state index contributed by atoms with van der Waals surface area (Å²) in [5.41, 5.74) is 2.99. The second kappa shape index (κ2) is 6.05. The predicted octanol–water partition coefficient (Wildman–Crippen LogP) is 3.92. The molecule has 0 radical (unpaired) electrons. The van der Waals surface area contributed by atoms with Crippen molar-refractivity contribution in [2.75, 3.05) is 11.4 Å². The van der Waals surface area contributed by atoms with Gasteiger partial charge < -0.3 is 4.90 Å². The molecule has 3 rings (SSSR count). The molecule has 1 aromatic carbocycles. The molecule has 0 aliphatic carbocycles. The maximum atomic E-state index is 12.4. The van der Waals surface area contributed by atoms with E-state index in [2.05, 4.69) is 6.07 Å². The number of nitrogens with zero attached hydrogens (tertiary/aromatic N) is 1. The van der Waals surface area contributed by atoms with Crippen LogP contribution in [0.2, 0.25) is 0 Å².